The van der Waals surface area contributed by atoms with Crippen LogP contribution in [0.5, 0.6) is 0 Å². The molecule has 0 atom stereocenters. The summed E-state index contributed by atoms with van der Waals surface area (Å²) < 4.78 is 6.77. The highest BCUT2D eigenvalue weighted by atomic mass is 79.9. The lowest BCUT2D eigenvalue weighted by atomic mass is 9.84. The summed E-state index contributed by atoms with van der Waals surface area (Å²) in [7, 11) is 1.41. The monoisotopic (exact) mass is 348 g/mol. The van der Waals surface area contributed by atoms with Crippen molar-refractivity contribution in [3.63, 3.8) is 0 Å². The number of hydrogen-bond acceptors (Lipinski definition) is 2. The van der Waals surface area contributed by atoms with Gasteiger partial charge in [-0.05, 0) is 44.0 Å². The van der Waals surface area contributed by atoms with Crippen molar-refractivity contribution >= 4 is 37.8 Å². The minimum absolute atomic E-state index is 0.241. The smallest absolute Gasteiger partial charge is 0.315 e. The van der Waals surface area contributed by atoms with Gasteiger partial charge in [0.15, 0.2) is 0 Å². The van der Waals surface area contributed by atoms with E-state index in [0.717, 1.165) is 20.1 Å². The Kier molecular flexibility index (Phi) is 4.18. The molecule has 0 heterocycles. The quantitative estimate of drug-likeness (QED) is 0.755. The number of methoxy groups -OCH3 is 1. The first-order valence-electron chi connectivity index (χ1n) is 4.85. The number of carbonyl (C=O) groups excluding carboxylic acids is 1. The molecule has 0 aliphatic heterocycles. The second-order valence-corrected chi connectivity index (χ2v) is 5.89. The zero-order valence-electron chi connectivity index (χ0n) is 9.73. The van der Waals surface area contributed by atoms with E-state index < -0.39 is 5.41 Å². The highest BCUT2D eigenvalue weighted by Crippen LogP contribution is 2.33. The third kappa shape index (κ3) is 2.48. The molecule has 0 aliphatic carbocycles. The Hall–Kier alpha value is -0.350. The van der Waals surface area contributed by atoms with Crippen LogP contribution in [0.2, 0.25) is 0 Å². The van der Waals surface area contributed by atoms with Crippen LogP contribution in [-0.4, -0.2) is 13.1 Å². The van der Waals surface area contributed by atoms with E-state index >= 15 is 0 Å². The molecule has 1 aromatic carbocycles. The molecule has 16 heavy (non-hydrogen) atoms. The standard InChI is InChI=1S/C12H14Br2O2/c1-7-9(13)5-8(6-10(7)14)12(2,3)11(15)16-4/h5-6H,1-4H3. The van der Waals surface area contributed by atoms with Crippen LogP contribution in [0.1, 0.15) is 25.0 Å². The lowest BCUT2D eigenvalue weighted by Crippen LogP contribution is -2.30. The molecule has 0 bridgehead atoms. The Morgan fingerprint density at radius 2 is 1.69 bits per heavy atom. The number of halogens is 2. The third-order valence-corrected chi connectivity index (χ3v) is 4.35. The van der Waals surface area contributed by atoms with Crippen molar-refractivity contribution in [3.8, 4) is 0 Å². The molecule has 0 unspecified atom stereocenters. The molecule has 0 N–H and O–H groups in total. The van der Waals surface area contributed by atoms with Crippen LogP contribution in [0, 0.1) is 6.92 Å². The summed E-state index contributed by atoms with van der Waals surface area (Å²) >= 11 is 6.96. The Balaban J connectivity index is 3.29. The second-order valence-electron chi connectivity index (χ2n) is 4.18. The summed E-state index contributed by atoms with van der Waals surface area (Å²) in [6.45, 7) is 5.70. The van der Waals surface area contributed by atoms with Crippen LogP contribution in [-0.2, 0) is 14.9 Å². The van der Waals surface area contributed by atoms with Crippen molar-refractivity contribution in [2.45, 2.75) is 26.2 Å². The molecular weight excluding hydrogens is 336 g/mol. The van der Waals surface area contributed by atoms with E-state index in [4.69, 9.17) is 4.74 Å². The molecule has 0 aromatic heterocycles. The molecule has 1 aromatic rings. The second kappa shape index (κ2) is 4.88. The predicted octanol–water partition coefficient (Wildman–Crippen LogP) is 3.97. The van der Waals surface area contributed by atoms with Crippen molar-refractivity contribution in [2.75, 3.05) is 7.11 Å². The SMILES string of the molecule is COC(=O)C(C)(C)c1cc(Br)c(C)c(Br)c1. The first kappa shape index (κ1) is 13.7. The maximum atomic E-state index is 11.7. The van der Waals surface area contributed by atoms with Crippen molar-refractivity contribution in [3.05, 3.63) is 32.2 Å². The molecular formula is C12H14Br2O2. The van der Waals surface area contributed by atoms with Gasteiger partial charge in [-0.25, -0.2) is 0 Å². The summed E-state index contributed by atoms with van der Waals surface area (Å²) in [5.41, 5.74) is 1.39. The van der Waals surface area contributed by atoms with Gasteiger partial charge in [0.05, 0.1) is 12.5 Å². The van der Waals surface area contributed by atoms with E-state index in [1.165, 1.54) is 7.11 Å². The number of ether oxygens (including phenoxy) is 1. The maximum absolute atomic E-state index is 11.7. The minimum atomic E-state index is -0.645. The van der Waals surface area contributed by atoms with Gasteiger partial charge in [0.2, 0.25) is 0 Å². The number of carbonyl (C=O) groups is 1. The predicted molar refractivity (Wildman–Crippen MR) is 71.6 cm³/mol. The van der Waals surface area contributed by atoms with Crippen LogP contribution < -0.4 is 0 Å². The fourth-order valence-electron chi connectivity index (χ4n) is 1.38. The first-order valence-corrected chi connectivity index (χ1v) is 6.44. The van der Waals surface area contributed by atoms with Crippen LogP contribution in [0.3, 0.4) is 0 Å². The molecule has 0 saturated heterocycles. The summed E-state index contributed by atoms with van der Waals surface area (Å²) in [5.74, 6) is -0.241. The molecule has 88 valence electrons. The van der Waals surface area contributed by atoms with Crippen molar-refractivity contribution in [1.29, 1.82) is 0 Å². The number of rotatable bonds is 2. The van der Waals surface area contributed by atoms with Crippen molar-refractivity contribution < 1.29 is 9.53 Å². The van der Waals surface area contributed by atoms with Gasteiger partial charge in [-0.2, -0.15) is 0 Å². The topological polar surface area (TPSA) is 26.3 Å². The van der Waals surface area contributed by atoms with E-state index in [0.29, 0.717) is 0 Å². The molecule has 0 aliphatic rings. The van der Waals surface area contributed by atoms with E-state index in [1.807, 2.05) is 32.9 Å². The van der Waals surface area contributed by atoms with Gasteiger partial charge in [0.25, 0.3) is 0 Å². The fourth-order valence-corrected chi connectivity index (χ4v) is 2.57. The molecule has 4 heteroatoms. The molecule has 0 amide bonds. The highest BCUT2D eigenvalue weighted by molar-refractivity contribution is 9.11. The lowest BCUT2D eigenvalue weighted by molar-refractivity contribution is -0.146. The Morgan fingerprint density at radius 1 is 1.25 bits per heavy atom. The first-order chi connectivity index (χ1) is 7.30. The zero-order valence-corrected chi connectivity index (χ0v) is 12.9. The zero-order chi connectivity index (χ0) is 12.5. The van der Waals surface area contributed by atoms with Crippen LogP contribution >= 0.6 is 31.9 Å². The van der Waals surface area contributed by atoms with Crippen LogP contribution in [0.4, 0.5) is 0 Å². The summed E-state index contributed by atoms with van der Waals surface area (Å²) in [4.78, 5) is 11.7. The van der Waals surface area contributed by atoms with Gasteiger partial charge in [-0.3, -0.25) is 4.79 Å². The molecule has 2 nitrogen and oxygen atoms in total. The van der Waals surface area contributed by atoms with E-state index in [2.05, 4.69) is 31.9 Å². The minimum Gasteiger partial charge on any atom is -0.468 e. The highest BCUT2D eigenvalue weighted by Gasteiger charge is 2.31. The molecule has 0 saturated carbocycles. The Bertz CT molecular complexity index is 402. The van der Waals surface area contributed by atoms with Crippen molar-refractivity contribution in [1.82, 2.24) is 0 Å². The Morgan fingerprint density at radius 3 is 2.06 bits per heavy atom. The van der Waals surface area contributed by atoms with E-state index in [9.17, 15) is 4.79 Å². The molecule has 0 radical (unpaired) electrons. The largest absolute Gasteiger partial charge is 0.468 e. The van der Waals surface area contributed by atoms with Crippen LogP contribution in [0.15, 0.2) is 21.1 Å². The lowest BCUT2D eigenvalue weighted by Gasteiger charge is -2.23. The van der Waals surface area contributed by atoms with Gasteiger partial charge in [-0.15, -0.1) is 0 Å². The molecule has 0 spiro atoms. The summed E-state index contributed by atoms with van der Waals surface area (Å²) in [6.07, 6.45) is 0. The van der Waals surface area contributed by atoms with Crippen LogP contribution in [0.25, 0.3) is 0 Å². The molecule has 0 fully saturated rings. The third-order valence-electron chi connectivity index (χ3n) is 2.70. The fraction of sp³-hybridized carbons (Fsp3) is 0.417. The van der Waals surface area contributed by atoms with Gasteiger partial charge in [0.1, 0.15) is 0 Å². The van der Waals surface area contributed by atoms with Gasteiger partial charge < -0.3 is 4.74 Å². The molecule has 1 rings (SSSR count). The normalized spacial score (nSPS) is 11.4. The maximum Gasteiger partial charge on any atom is 0.315 e. The Labute approximate surface area is 113 Å². The average Bonchev–Trinajstić information content (AvgIpc) is 2.23. The van der Waals surface area contributed by atoms with Gasteiger partial charge in [-0.1, -0.05) is 31.9 Å². The summed E-state index contributed by atoms with van der Waals surface area (Å²) in [5, 5.41) is 0. The number of esters is 1. The van der Waals surface area contributed by atoms with Gasteiger partial charge >= 0.3 is 5.97 Å². The van der Waals surface area contributed by atoms with E-state index in [-0.39, 0.29) is 5.97 Å². The van der Waals surface area contributed by atoms with Crippen molar-refractivity contribution in [2.24, 2.45) is 0 Å². The number of hydrogen-bond donors (Lipinski definition) is 0. The van der Waals surface area contributed by atoms with E-state index in [1.54, 1.807) is 0 Å². The number of benzene rings is 1. The summed E-state index contributed by atoms with van der Waals surface area (Å²) in [6, 6.07) is 3.91. The average molecular weight is 350 g/mol. The van der Waals surface area contributed by atoms with Gasteiger partial charge in [0, 0.05) is 8.95 Å².